The number of imidazole rings is 1. The lowest BCUT2D eigenvalue weighted by Crippen LogP contribution is -2.12. The Labute approximate surface area is 125 Å². The number of anilines is 1. The number of rotatable bonds is 9. The van der Waals surface area contributed by atoms with E-state index in [2.05, 4.69) is 25.0 Å². The number of ether oxygens (including phenoxy) is 1. The lowest BCUT2D eigenvalue weighted by Gasteiger charge is -2.08. The highest BCUT2D eigenvalue weighted by molar-refractivity contribution is 5.28. The summed E-state index contributed by atoms with van der Waals surface area (Å²) < 4.78 is 9.17. The second-order valence-electron chi connectivity index (χ2n) is 4.96. The van der Waals surface area contributed by atoms with Crippen molar-refractivity contribution in [2.45, 2.75) is 33.2 Å². The molecule has 0 aliphatic heterocycles. The van der Waals surface area contributed by atoms with Crippen molar-refractivity contribution in [1.82, 2.24) is 24.3 Å². The highest BCUT2D eigenvalue weighted by Crippen LogP contribution is 2.09. The molecular formula is C14H24N6O. The first kappa shape index (κ1) is 15.5. The summed E-state index contributed by atoms with van der Waals surface area (Å²) in [6.45, 7) is 7.23. The molecule has 0 bridgehead atoms. The molecule has 116 valence electrons. The normalized spacial score (nSPS) is 11.0. The molecule has 0 fully saturated rings. The van der Waals surface area contributed by atoms with Crippen LogP contribution in [0.5, 0.6) is 0 Å². The summed E-state index contributed by atoms with van der Waals surface area (Å²) in [5.41, 5.74) is 1.01. The summed E-state index contributed by atoms with van der Waals surface area (Å²) in [6.07, 6.45) is 5.54. The first-order valence-corrected chi connectivity index (χ1v) is 7.39. The van der Waals surface area contributed by atoms with E-state index in [-0.39, 0.29) is 0 Å². The number of hydrogen-bond acceptors (Lipinski definition) is 5. The Balaban J connectivity index is 1.84. The van der Waals surface area contributed by atoms with Gasteiger partial charge >= 0.3 is 0 Å². The van der Waals surface area contributed by atoms with Crippen molar-refractivity contribution >= 4 is 5.95 Å². The lowest BCUT2D eigenvalue weighted by atomic mass is 10.4. The van der Waals surface area contributed by atoms with Crippen LogP contribution in [0.4, 0.5) is 5.95 Å². The maximum absolute atomic E-state index is 5.33. The highest BCUT2D eigenvalue weighted by atomic mass is 16.5. The molecule has 0 amide bonds. The molecule has 0 aliphatic rings. The van der Waals surface area contributed by atoms with E-state index in [9.17, 15) is 0 Å². The number of nitrogens with one attached hydrogen (secondary N) is 1. The fraction of sp³-hybridized carbons (Fsp3) is 0.643. The fourth-order valence-electron chi connectivity index (χ4n) is 2.10. The molecular weight excluding hydrogens is 268 g/mol. The van der Waals surface area contributed by atoms with Gasteiger partial charge in [-0.1, -0.05) is 0 Å². The molecule has 0 radical (unpaired) electrons. The summed E-state index contributed by atoms with van der Waals surface area (Å²) in [4.78, 5) is 8.76. The first-order chi connectivity index (χ1) is 10.2. The zero-order valence-corrected chi connectivity index (χ0v) is 13.0. The van der Waals surface area contributed by atoms with Crippen LogP contribution in [0.25, 0.3) is 0 Å². The number of hydrogen-bond donors (Lipinski definition) is 1. The van der Waals surface area contributed by atoms with E-state index in [1.54, 1.807) is 11.0 Å². The monoisotopic (exact) mass is 292 g/mol. The smallest absolute Gasteiger partial charge is 0.203 e. The second-order valence-corrected chi connectivity index (χ2v) is 4.96. The average molecular weight is 292 g/mol. The molecule has 7 heteroatoms. The number of nitrogens with zero attached hydrogens (tertiary/aromatic N) is 5. The van der Waals surface area contributed by atoms with E-state index >= 15 is 0 Å². The van der Waals surface area contributed by atoms with E-state index in [0.717, 1.165) is 56.6 Å². The summed E-state index contributed by atoms with van der Waals surface area (Å²) in [5, 5.41) is 7.65. The molecule has 0 unspecified atom stereocenters. The SMILES string of the molecule is CCOCCCNc1nc(C)cn1CCc1ncn(C)n1. The first-order valence-electron chi connectivity index (χ1n) is 7.39. The maximum atomic E-state index is 5.33. The summed E-state index contributed by atoms with van der Waals surface area (Å²) in [5.74, 6) is 1.76. The molecule has 0 aliphatic carbocycles. The van der Waals surface area contributed by atoms with E-state index in [0.29, 0.717) is 0 Å². The van der Waals surface area contributed by atoms with Crippen molar-refractivity contribution in [2.75, 3.05) is 25.1 Å². The molecule has 2 aromatic rings. The third kappa shape index (κ3) is 4.86. The molecule has 2 aromatic heterocycles. The molecule has 1 N–H and O–H groups in total. The zero-order chi connectivity index (χ0) is 15.1. The van der Waals surface area contributed by atoms with Gasteiger partial charge in [0.05, 0.1) is 5.69 Å². The third-order valence-corrected chi connectivity index (χ3v) is 3.07. The van der Waals surface area contributed by atoms with Crippen molar-refractivity contribution in [3.63, 3.8) is 0 Å². The summed E-state index contributed by atoms with van der Waals surface area (Å²) in [6, 6.07) is 0. The average Bonchev–Trinajstić information content (AvgIpc) is 3.02. The van der Waals surface area contributed by atoms with E-state index < -0.39 is 0 Å². The van der Waals surface area contributed by atoms with E-state index in [1.165, 1.54) is 0 Å². The Morgan fingerprint density at radius 1 is 1.38 bits per heavy atom. The van der Waals surface area contributed by atoms with Gasteiger partial charge < -0.3 is 14.6 Å². The van der Waals surface area contributed by atoms with Gasteiger partial charge in [-0.25, -0.2) is 9.97 Å². The minimum Gasteiger partial charge on any atom is -0.382 e. The van der Waals surface area contributed by atoms with Gasteiger partial charge in [0.25, 0.3) is 0 Å². The Morgan fingerprint density at radius 2 is 2.24 bits per heavy atom. The Kier molecular flexibility index (Phi) is 5.74. The predicted molar refractivity (Wildman–Crippen MR) is 81.3 cm³/mol. The van der Waals surface area contributed by atoms with Crippen LogP contribution in [-0.2, 0) is 24.8 Å². The maximum Gasteiger partial charge on any atom is 0.203 e. The lowest BCUT2D eigenvalue weighted by molar-refractivity contribution is 0.147. The van der Waals surface area contributed by atoms with Gasteiger partial charge in [0.1, 0.15) is 6.33 Å². The van der Waals surface area contributed by atoms with Gasteiger partial charge in [0, 0.05) is 46.0 Å². The van der Waals surface area contributed by atoms with Crippen LogP contribution in [0.1, 0.15) is 24.9 Å². The van der Waals surface area contributed by atoms with Crippen LogP contribution in [0, 0.1) is 6.92 Å². The Bertz CT molecular complexity index is 547. The minimum atomic E-state index is 0.769. The van der Waals surface area contributed by atoms with Crippen LogP contribution in [0.3, 0.4) is 0 Å². The summed E-state index contributed by atoms with van der Waals surface area (Å²) in [7, 11) is 1.88. The zero-order valence-electron chi connectivity index (χ0n) is 13.0. The Morgan fingerprint density at radius 3 is 2.95 bits per heavy atom. The molecule has 0 spiro atoms. The molecule has 0 atom stereocenters. The summed E-state index contributed by atoms with van der Waals surface area (Å²) >= 11 is 0. The second kappa shape index (κ2) is 7.78. The highest BCUT2D eigenvalue weighted by Gasteiger charge is 2.06. The van der Waals surface area contributed by atoms with Crippen molar-refractivity contribution in [1.29, 1.82) is 0 Å². The van der Waals surface area contributed by atoms with Gasteiger partial charge in [-0.2, -0.15) is 5.10 Å². The number of aromatic nitrogens is 5. The van der Waals surface area contributed by atoms with Crippen molar-refractivity contribution in [3.8, 4) is 0 Å². The molecule has 2 heterocycles. The molecule has 0 saturated carbocycles. The largest absolute Gasteiger partial charge is 0.382 e. The van der Waals surface area contributed by atoms with Crippen LogP contribution >= 0.6 is 0 Å². The fourth-order valence-corrected chi connectivity index (χ4v) is 2.10. The van der Waals surface area contributed by atoms with Crippen molar-refractivity contribution in [3.05, 3.63) is 24.0 Å². The van der Waals surface area contributed by atoms with Crippen LogP contribution in [-0.4, -0.2) is 44.1 Å². The van der Waals surface area contributed by atoms with E-state index in [1.807, 2.05) is 27.1 Å². The van der Waals surface area contributed by atoms with Crippen LogP contribution < -0.4 is 5.32 Å². The van der Waals surface area contributed by atoms with Crippen LogP contribution in [0.2, 0.25) is 0 Å². The Hall–Kier alpha value is -1.89. The standard InChI is InChI=1S/C14H24N6O/c1-4-21-9-5-7-15-14-17-12(2)10-20(14)8-6-13-16-11-19(3)18-13/h10-11H,4-9H2,1-3H3,(H,15,17). The number of aryl methyl sites for hydroxylation is 4. The van der Waals surface area contributed by atoms with Crippen molar-refractivity contribution < 1.29 is 4.74 Å². The molecule has 7 nitrogen and oxygen atoms in total. The minimum absolute atomic E-state index is 0.769. The van der Waals surface area contributed by atoms with Gasteiger partial charge in [0.15, 0.2) is 5.82 Å². The third-order valence-electron chi connectivity index (χ3n) is 3.07. The van der Waals surface area contributed by atoms with Gasteiger partial charge in [-0.05, 0) is 20.3 Å². The quantitative estimate of drug-likeness (QED) is 0.708. The van der Waals surface area contributed by atoms with Gasteiger partial charge in [-0.15, -0.1) is 0 Å². The van der Waals surface area contributed by atoms with E-state index in [4.69, 9.17) is 4.74 Å². The topological polar surface area (TPSA) is 69.8 Å². The van der Waals surface area contributed by atoms with Crippen LogP contribution in [0.15, 0.2) is 12.5 Å². The molecule has 21 heavy (non-hydrogen) atoms. The van der Waals surface area contributed by atoms with Gasteiger partial charge in [-0.3, -0.25) is 4.68 Å². The van der Waals surface area contributed by atoms with Crippen molar-refractivity contribution in [2.24, 2.45) is 7.05 Å². The molecule has 0 saturated heterocycles. The van der Waals surface area contributed by atoms with Gasteiger partial charge in [0.2, 0.25) is 5.95 Å². The molecule has 0 aromatic carbocycles. The molecule has 2 rings (SSSR count). The predicted octanol–water partition coefficient (Wildman–Crippen LogP) is 1.40.